The van der Waals surface area contributed by atoms with Crippen LogP contribution in [0, 0.1) is 12.8 Å². The SMILES string of the molecule is CCOC(=O)CNC(=O)[C@H]1CC(=O)N(c2ccc(C)cc2)C1. The van der Waals surface area contributed by atoms with E-state index in [0.717, 1.165) is 11.3 Å². The summed E-state index contributed by atoms with van der Waals surface area (Å²) in [6, 6.07) is 7.59. The minimum Gasteiger partial charge on any atom is -0.465 e. The third-order valence-electron chi connectivity index (χ3n) is 3.55. The monoisotopic (exact) mass is 304 g/mol. The molecule has 0 unspecified atom stereocenters. The van der Waals surface area contributed by atoms with Crippen molar-refractivity contribution >= 4 is 23.5 Å². The summed E-state index contributed by atoms with van der Waals surface area (Å²) in [7, 11) is 0. The summed E-state index contributed by atoms with van der Waals surface area (Å²) < 4.78 is 4.75. The summed E-state index contributed by atoms with van der Waals surface area (Å²) in [5, 5.41) is 2.52. The maximum atomic E-state index is 12.1. The highest BCUT2D eigenvalue weighted by Crippen LogP contribution is 2.25. The van der Waals surface area contributed by atoms with Crippen LogP contribution in [0.5, 0.6) is 0 Å². The third-order valence-corrected chi connectivity index (χ3v) is 3.55. The van der Waals surface area contributed by atoms with E-state index in [0.29, 0.717) is 6.54 Å². The second kappa shape index (κ2) is 7.06. The van der Waals surface area contributed by atoms with E-state index in [1.165, 1.54) is 0 Å². The molecule has 0 spiro atoms. The highest BCUT2D eigenvalue weighted by Gasteiger charge is 2.35. The van der Waals surface area contributed by atoms with Gasteiger partial charge in [-0.05, 0) is 26.0 Å². The zero-order chi connectivity index (χ0) is 16.1. The molecule has 0 saturated carbocycles. The molecule has 2 rings (SSSR count). The Morgan fingerprint density at radius 3 is 2.64 bits per heavy atom. The molecule has 1 aromatic rings. The summed E-state index contributed by atoms with van der Waals surface area (Å²) >= 11 is 0. The molecule has 1 heterocycles. The van der Waals surface area contributed by atoms with Crippen LogP contribution in [-0.2, 0) is 19.1 Å². The molecule has 118 valence electrons. The van der Waals surface area contributed by atoms with E-state index in [1.807, 2.05) is 31.2 Å². The second-order valence-corrected chi connectivity index (χ2v) is 5.26. The molecule has 1 aliphatic heterocycles. The number of nitrogens with one attached hydrogen (secondary N) is 1. The van der Waals surface area contributed by atoms with E-state index in [1.54, 1.807) is 11.8 Å². The van der Waals surface area contributed by atoms with Crippen LogP contribution in [0.2, 0.25) is 0 Å². The number of carbonyl (C=O) groups is 3. The summed E-state index contributed by atoms with van der Waals surface area (Å²) in [5.41, 5.74) is 1.90. The number of aryl methyl sites for hydroxylation is 1. The van der Waals surface area contributed by atoms with Gasteiger partial charge in [-0.1, -0.05) is 17.7 Å². The molecule has 22 heavy (non-hydrogen) atoms. The number of hydrogen-bond acceptors (Lipinski definition) is 4. The van der Waals surface area contributed by atoms with E-state index in [2.05, 4.69) is 5.32 Å². The van der Waals surface area contributed by atoms with Crippen molar-refractivity contribution in [1.29, 1.82) is 0 Å². The standard InChI is InChI=1S/C16H20N2O4/c1-3-22-15(20)9-17-16(21)12-8-14(19)18(10-12)13-6-4-11(2)5-7-13/h4-7,12H,3,8-10H2,1-2H3,(H,17,21)/t12-/m0/s1. The fourth-order valence-corrected chi connectivity index (χ4v) is 2.37. The van der Waals surface area contributed by atoms with Crippen LogP contribution in [-0.4, -0.2) is 37.5 Å². The lowest BCUT2D eigenvalue weighted by Gasteiger charge is -2.16. The number of hydrogen-bond donors (Lipinski definition) is 1. The number of carbonyl (C=O) groups excluding carboxylic acids is 3. The number of amides is 2. The molecule has 1 saturated heterocycles. The molecule has 6 heteroatoms. The van der Waals surface area contributed by atoms with Gasteiger partial charge in [-0.2, -0.15) is 0 Å². The Hall–Kier alpha value is -2.37. The first kappa shape index (κ1) is 16.0. The van der Waals surface area contributed by atoms with Crippen LogP contribution in [0.25, 0.3) is 0 Å². The van der Waals surface area contributed by atoms with Crippen molar-refractivity contribution in [3.8, 4) is 0 Å². The van der Waals surface area contributed by atoms with E-state index in [-0.39, 0.29) is 31.4 Å². The average molecular weight is 304 g/mol. The molecule has 0 bridgehead atoms. The fraction of sp³-hybridized carbons (Fsp3) is 0.438. The molecule has 1 aliphatic rings. The van der Waals surface area contributed by atoms with Crippen LogP contribution in [0.3, 0.4) is 0 Å². The number of esters is 1. The molecule has 0 aromatic heterocycles. The Bertz CT molecular complexity index is 568. The van der Waals surface area contributed by atoms with Gasteiger partial charge in [-0.3, -0.25) is 14.4 Å². The number of nitrogens with zero attached hydrogens (tertiary/aromatic N) is 1. The molecule has 2 amide bonds. The van der Waals surface area contributed by atoms with Crippen LogP contribution in [0.1, 0.15) is 18.9 Å². The maximum Gasteiger partial charge on any atom is 0.325 e. The van der Waals surface area contributed by atoms with Crippen LogP contribution in [0.15, 0.2) is 24.3 Å². The van der Waals surface area contributed by atoms with E-state index >= 15 is 0 Å². The molecular formula is C16H20N2O4. The highest BCUT2D eigenvalue weighted by atomic mass is 16.5. The van der Waals surface area contributed by atoms with Gasteiger partial charge in [-0.15, -0.1) is 0 Å². The molecular weight excluding hydrogens is 284 g/mol. The van der Waals surface area contributed by atoms with Gasteiger partial charge in [0.05, 0.1) is 12.5 Å². The normalized spacial score (nSPS) is 17.5. The predicted octanol–water partition coefficient (Wildman–Crippen LogP) is 1.03. The van der Waals surface area contributed by atoms with Crippen molar-refractivity contribution in [2.24, 2.45) is 5.92 Å². The third kappa shape index (κ3) is 3.84. The van der Waals surface area contributed by atoms with Crippen molar-refractivity contribution in [2.75, 3.05) is 24.6 Å². The van der Waals surface area contributed by atoms with Gasteiger partial charge in [0.15, 0.2) is 0 Å². The predicted molar refractivity (Wildman–Crippen MR) is 81.3 cm³/mol. The summed E-state index contributed by atoms with van der Waals surface area (Å²) in [5.74, 6) is -1.30. The lowest BCUT2D eigenvalue weighted by Crippen LogP contribution is -2.36. The zero-order valence-electron chi connectivity index (χ0n) is 12.8. The van der Waals surface area contributed by atoms with Gasteiger partial charge in [-0.25, -0.2) is 0 Å². The van der Waals surface area contributed by atoms with Crippen molar-refractivity contribution in [3.05, 3.63) is 29.8 Å². The lowest BCUT2D eigenvalue weighted by atomic mass is 10.1. The van der Waals surface area contributed by atoms with Crippen molar-refractivity contribution in [2.45, 2.75) is 20.3 Å². The van der Waals surface area contributed by atoms with Crippen LogP contribution < -0.4 is 10.2 Å². The number of rotatable bonds is 5. The van der Waals surface area contributed by atoms with E-state index in [9.17, 15) is 14.4 Å². The summed E-state index contributed by atoms with van der Waals surface area (Å²) in [6.45, 7) is 4.12. The molecule has 6 nitrogen and oxygen atoms in total. The summed E-state index contributed by atoms with van der Waals surface area (Å²) in [4.78, 5) is 36.9. The van der Waals surface area contributed by atoms with Crippen LogP contribution in [0.4, 0.5) is 5.69 Å². The Morgan fingerprint density at radius 1 is 1.32 bits per heavy atom. The van der Waals surface area contributed by atoms with Gasteiger partial charge in [0.1, 0.15) is 6.54 Å². The van der Waals surface area contributed by atoms with Gasteiger partial charge < -0.3 is 15.0 Å². The number of anilines is 1. The van der Waals surface area contributed by atoms with E-state index in [4.69, 9.17) is 4.74 Å². The van der Waals surface area contributed by atoms with Crippen molar-refractivity contribution in [1.82, 2.24) is 5.32 Å². The highest BCUT2D eigenvalue weighted by molar-refractivity contribution is 6.00. The topological polar surface area (TPSA) is 75.7 Å². The molecule has 1 aromatic carbocycles. The number of benzene rings is 1. The molecule has 1 atom stereocenters. The Kier molecular flexibility index (Phi) is 5.14. The van der Waals surface area contributed by atoms with Gasteiger partial charge >= 0.3 is 5.97 Å². The lowest BCUT2D eigenvalue weighted by molar-refractivity contribution is -0.143. The Morgan fingerprint density at radius 2 is 2.00 bits per heavy atom. The molecule has 1 N–H and O–H groups in total. The Labute approximate surface area is 129 Å². The minimum atomic E-state index is -0.476. The summed E-state index contributed by atoms with van der Waals surface area (Å²) in [6.07, 6.45) is 0.155. The van der Waals surface area contributed by atoms with Gasteiger partial charge in [0.2, 0.25) is 11.8 Å². The smallest absolute Gasteiger partial charge is 0.325 e. The van der Waals surface area contributed by atoms with Gasteiger partial charge in [0.25, 0.3) is 0 Å². The average Bonchev–Trinajstić information content (AvgIpc) is 2.88. The van der Waals surface area contributed by atoms with Crippen molar-refractivity contribution < 1.29 is 19.1 Å². The first-order valence-corrected chi connectivity index (χ1v) is 7.31. The molecule has 0 aliphatic carbocycles. The van der Waals surface area contributed by atoms with E-state index < -0.39 is 11.9 Å². The van der Waals surface area contributed by atoms with Crippen molar-refractivity contribution in [3.63, 3.8) is 0 Å². The number of ether oxygens (including phenoxy) is 1. The van der Waals surface area contributed by atoms with Gasteiger partial charge in [0, 0.05) is 18.7 Å². The fourth-order valence-electron chi connectivity index (χ4n) is 2.37. The largest absolute Gasteiger partial charge is 0.465 e. The molecule has 1 fully saturated rings. The molecule has 0 radical (unpaired) electrons. The Balaban J connectivity index is 1.92. The minimum absolute atomic E-state index is 0.0832. The first-order chi connectivity index (χ1) is 10.5. The van der Waals surface area contributed by atoms with Crippen LogP contribution >= 0.6 is 0 Å². The second-order valence-electron chi connectivity index (χ2n) is 5.26. The zero-order valence-corrected chi connectivity index (χ0v) is 12.8. The quantitative estimate of drug-likeness (QED) is 0.824. The first-order valence-electron chi connectivity index (χ1n) is 7.31. The maximum absolute atomic E-state index is 12.1.